The predicted molar refractivity (Wildman–Crippen MR) is 74.5 cm³/mol. The highest BCUT2D eigenvalue weighted by molar-refractivity contribution is 5.92. The fourth-order valence-electron chi connectivity index (χ4n) is 1.81. The molecule has 0 heterocycles. The van der Waals surface area contributed by atoms with Gasteiger partial charge in [-0.1, -0.05) is 36.4 Å². The molecule has 2 rings (SSSR count). The SMILES string of the molecule is COc1ccc(CO)cc1C(=O)OCc1ccccc1. The molecule has 0 aliphatic carbocycles. The number of carbonyl (C=O) groups excluding carboxylic acids is 1. The Morgan fingerprint density at radius 1 is 1.10 bits per heavy atom. The maximum absolute atomic E-state index is 12.1. The van der Waals surface area contributed by atoms with Crippen molar-refractivity contribution in [1.29, 1.82) is 0 Å². The van der Waals surface area contributed by atoms with Crippen LogP contribution in [0.25, 0.3) is 0 Å². The smallest absolute Gasteiger partial charge is 0.342 e. The lowest BCUT2D eigenvalue weighted by atomic mass is 10.1. The molecule has 4 heteroatoms. The monoisotopic (exact) mass is 272 g/mol. The molecule has 0 saturated heterocycles. The number of methoxy groups -OCH3 is 1. The van der Waals surface area contributed by atoms with Crippen LogP contribution in [0.4, 0.5) is 0 Å². The first kappa shape index (κ1) is 14.1. The molecule has 2 aromatic rings. The standard InChI is InChI=1S/C16H16O4/c1-19-15-8-7-13(10-17)9-14(15)16(18)20-11-12-5-3-2-4-6-12/h2-9,17H,10-11H2,1H3. The van der Waals surface area contributed by atoms with Gasteiger partial charge in [0.25, 0.3) is 0 Å². The van der Waals surface area contributed by atoms with Crippen LogP contribution in [0.2, 0.25) is 0 Å². The van der Waals surface area contributed by atoms with Crippen molar-refractivity contribution >= 4 is 5.97 Å². The number of aliphatic hydroxyl groups is 1. The molecule has 0 spiro atoms. The highest BCUT2D eigenvalue weighted by atomic mass is 16.5. The van der Waals surface area contributed by atoms with Gasteiger partial charge in [0, 0.05) is 0 Å². The zero-order chi connectivity index (χ0) is 14.4. The molecule has 0 aliphatic rings. The summed E-state index contributed by atoms with van der Waals surface area (Å²) in [6.45, 7) is 0.0646. The third kappa shape index (κ3) is 3.36. The molecular formula is C16H16O4. The van der Waals surface area contributed by atoms with Crippen molar-refractivity contribution in [3.8, 4) is 5.75 Å². The van der Waals surface area contributed by atoms with E-state index in [-0.39, 0.29) is 13.2 Å². The zero-order valence-corrected chi connectivity index (χ0v) is 11.2. The van der Waals surface area contributed by atoms with E-state index < -0.39 is 5.97 Å². The number of esters is 1. The molecule has 0 atom stereocenters. The van der Waals surface area contributed by atoms with E-state index in [1.54, 1.807) is 18.2 Å². The number of ether oxygens (including phenoxy) is 2. The second-order valence-corrected chi connectivity index (χ2v) is 4.25. The topological polar surface area (TPSA) is 55.8 Å². The summed E-state index contributed by atoms with van der Waals surface area (Å²) in [4.78, 5) is 12.1. The zero-order valence-electron chi connectivity index (χ0n) is 11.2. The maximum Gasteiger partial charge on any atom is 0.342 e. The van der Waals surface area contributed by atoms with E-state index in [0.717, 1.165) is 5.56 Å². The highest BCUT2D eigenvalue weighted by Crippen LogP contribution is 2.21. The van der Waals surface area contributed by atoms with Crippen molar-refractivity contribution in [1.82, 2.24) is 0 Å². The van der Waals surface area contributed by atoms with Crippen LogP contribution in [0, 0.1) is 0 Å². The number of benzene rings is 2. The van der Waals surface area contributed by atoms with Gasteiger partial charge in [0.15, 0.2) is 0 Å². The first-order valence-corrected chi connectivity index (χ1v) is 6.23. The van der Waals surface area contributed by atoms with Crippen LogP contribution in [-0.2, 0) is 18.0 Å². The Labute approximate surface area is 117 Å². The number of rotatable bonds is 5. The number of aliphatic hydroxyl groups excluding tert-OH is 1. The Morgan fingerprint density at radius 3 is 2.50 bits per heavy atom. The number of hydrogen-bond donors (Lipinski definition) is 1. The van der Waals surface area contributed by atoms with E-state index in [4.69, 9.17) is 14.6 Å². The van der Waals surface area contributed by atoms with Gasteiger partial charge in [0.2, 0.25) is 0 Å². The summed E-state index contributed by atoms with van der Waals surface area (Å²) < 4.78 is 10.4. The van der Waals surface area contributed by atoms with Crippen molar-refractivity contribution in [2.45, 2.75) is 13.2 Å². The maximum atomic E-state index is 12.1. The molecular weight excluding hydrogens is 256 g/mol. The van der Waals surface area contributed by atoms with E-state index in [9.17, 15) is 4.79 Å². The molecule has 1 N–H and O–H groups in total. The molecule has 0 radical (unpaired) electrons. The second kappa shape index (κ2) is 6.73. The Balaban J connectivity index is 2.12. The highest BCUT2D eigenvalue weighted by Gasteiger charge is 2.14. The molecule has 104 valence electrons. The predicted octanol–water partition coefficient (Wildman–Crippen LogP) is 2.54. The third-order valence-electron chi connectivity index (χ3n) is 2.88. The molecule has 2 aromatic carbocycles. The van der Waals surface area contributed by atoms with Crippen LogP contribution in [0.15, 0.2) is 48.5 Å². The van der Waals surface area contributed by atoms with Crippen molar-refractivity contribution in [3.63, 3.8) is 0 Å². The molecule has 0 fully saturated rings. The largest absolute Gasteiger partial charge is 0.496 e. The molecule has 20 heavy (non-hydrogen) atoms. The minimum Gasteiger partial charge on any atom is -0.496 e. The van der Waals surface area contributed by atoms with Gasteiger partial charge in [-0.25, -0.2) is 4.79 Å². The van der Waals surface area contributed by atoms with Gasteiger partial charge in [-0.05, 0) is 23.3 Å². The van der Waals surface area contributed by atoms with E-state index in [2.05, 4.69) is 0 Å². The summed E-state index contributed by atoms with van der Waals surface area (Å²) in [6.07, 6.45) is 0. The van der Waals surface area contributed by atoms with Gasteiger partial charge in [-0.2, -0.15) is 0 Å². The first-order valence-electron chi connectivity index (χ1n) is 6.23. The Morgan fingerprint density at radius 2 is 1.85 bits per heavy atom. The van der Waals surface area contributed by atoms with Gasteiger partial charge >= 0.3 is 5.97 Å². The lowest BCUT2D eigenvalue weighted by Crippen LogP contribution is -2.08. The molecule has 0 saturated carbocycles. The van der Waals surface area contributed by atoms with E-state index in [1.165, 1.54) is 7.11 Å². The fraction of sp³-hybridized carbons (Fsp3) is 0.188. The van der Waals surface area contributed by atoms with Crippen molar-refractivity contribution < 1.29 is 19.4 Å². The van der Waals surface area contributed by atoms with Crippen LogP contribution in [0.3, 0.4) is 0 Å². The molecule has 0 aliphatic heterocycles. The van der Waals surface area contributed by atoms with Crippen LogP contribution in [0.1, 0.15) is 21.5 Å². The van der Waals surface area contributed by atoms with Crippen molar-refractivity contribution in [2.24, 2.45) is 0 Å². The second-order valence-electron chi connectivity index (χ2n) is 4.25. The van der Waals surface area contributed by atoms with Gasteiger partial charge < -0.3 is 14.6 Å². The molecule has 0 bridgehead atoms. The minimum absolute atomic E-state index is 0.136. The van der Waals surface area contributed by atoms with Crippen molar-refractivity contribution in [3.05, 3.63) is 65.2 Å². The lowest BCUT2D eigenvalue weighted by molar-refractivity contribution is 0.0469. The van der Waals surface area contributed by atoms with Gasteiger partial charge in [-0.3, -0.25) is 0 Å². The summed E-state index contributed by atoms with van der Waals surface area (Å²) in [5.41, 5.74) is 1.87. The minimum atomic E-state index is -0.471. The lowest BCUT2D eigenvalue weighted by Gasteiger charge is -2.10. The Hall–Kier alpha value is -2.33. The Kier molecular flexibility index (Phi) is 4.74. The van der Waals surface area contributed by atoms with Crippen LogP contribution < -0.4 is 4.74 Å². The van der Waals surface area contributed by atoms with Crippen LogP contribution in [0.5, 0.6) is 5.75 Å². The van der Waals surface area contributed by atoms with Gasteiger partial charge in [-0.15, -0.1) is 0 Å². The number of hydrogen-bond acceptors (Lipinski definition) is 4. The summed E-state index contributed by atoms with van der Waals surface area (Å²) in [5, 5.41) is 9.12. The quantitative estimate of drug-likeness (QED) is 0.850. The average molecular weight is 272 g/mol. The summed E-state index contributed by atoms with van der Waals surface area (Å²) >= 11 is 0. The van der Waals surface area contributed by atoms with Crippen LogP contribution >= 0.6 is 0 Å². The molecule has 0 aromatic heterocycles. The van der Waals surface area contributed by atoms with Gasteiger partial charge in [0.05, 0.1) is 13.7 Å². The third-order valence-corrected chi connectivity index (χ3v) is 2.88. The Bertz CT molecular complexity index is 578. The summed E-state index contributed by atoms with van der Waals surface area (Å²) in [5.74, 6) is -0.0405. The summed E-state index contributed by atoms with van der Waals surface area (Å²) in [6, 6.07) is 14.4. The molecule has 0 amide bonds. The average Bonchev–Trinajstić information content (AvgIpc) is 2.52. The normalized spacial score (nSPS) is 10.1. The molecule has 0 unspecified atom stereocenters. The van der Waals surface area contributed by atoms with Crippen LogP contribution in [-0.4, -0.2) is 18.2 Å². The van der Waals surface area contributed by atoms with Gasteiger partial charge in [0.1, 0.15) is 17.9 Å². The van der Waals surface area contributed by atoms with E-state index >= 15 is 0 Å². The summed E-state index contributed by atoms with van der Waals surface area (Å²) in [7, 11) is 1.49. The van der Waals surface area contributed by atoms with E-state index in [1.807, 2.05) is 30.3 Å². The fourth-order valence-corrected chi connectivity index (χ4v) is 1.81. The first-order chi connectivity index (χ1) is 9.74. The number of carbonyl (C=O) groups is 1. The van der Waals surface area contributed by atoms with E-state index in [0.29, 0.717) is 16.9 Å². The molecule has 4 nitrogen and oxygen atoms in total. The van der Waals surface area contributed by atoms with Crippen molar-refractivity contribution in [2.75, 3.05) is 7.11 Å².